The smallest absolute Gasteiger partial charge is 0.143 e. The Hall–Kier alpha value is -2.47. The van der Waals surface area contributed by atoms with E-state index in [9.17, 15) is 4.39 Å². The molecule has 0 bridgehead atoms. The first-order valence-electron chi connectivity index (χ1n) is 8.73. The van der Waals surface area contributed by atoms with Gasteiger partial charge in [0.25, 0.3) is 0 Å². The zero-order valence-corrected chi connectivity index (χ0v) is 14.0. The second-order valence-corrected chi connectivity index (χ2v) is 6.39. The molecule has 1 atom stereocenters. The summed E-state index contributed by atoms with van der Waals surface area (Å²) >= 11 is 0. The molecule has 5 nitrogen and oxygen atoms in total. The topological polar surface area (TPSA) is 54.2 Å². The molecule has 3 aromatic heterocycles. The summed E-state index contributed by atoms with van der Waals surface area (Å²) in [5.74, 6) is 0.589. The van der Waals surface area contributed by atoms with Gasteiger partial charge >= 0.3 is 0 Å². The monoisotopic (exact) mass is 340 g/mol. The fourth-order valence-corrected chi connectivity index (χ4v) is 3.48. The summed E-state index contributed by atoms with van der Waals surface area (Å²) in [6.07, 6.45) is 8.35. The number of pyridine rings is 2. The lowest BCUT2D eigenvalue weighted by Crippen LogP contribution is -2.37. The summed E-state index contributed by atoms with van der Waals surface area (Å²) in [6.45, 7) is 2.85. The number of hydrogen-bond donors (Lipinski definition) is 1. The highest BCUT2D eigenvalue weighted by atomic mass is 19.1. The minimum absolute atomic E-state index is 0.166. The van der Waals surface area contributed by atoms with Crippen molar-refractivity contribution < 1.29 is 8.81 Å². The van der Waals surface area contributed by atoms with Gasteiger partial charge in [-0.1, -0.05) is 6.42 Å². The van der Waals surface area contributed by atoms with E-state index >= 15 is 0 Å². The standard InChI is InChI=1S/C19H21FN4O/c20-14-11-16-19(23-12-14)15(6-7-21-16)22-13-17(18-5-4-10-25-18)24-8-2-1-3-9-24/h4-7,10-12,17H,1-3,8-9,13H2,(H,21,22)/t17-/m1/s1. The van der Waals surface area contributed by atoms with Gasteiger partial charge in [0, 0.05) is 18.8 Å². The van der Waals surface area contributed by atoms with Gasteiger partial charge in [0.2, 0.25) is 0 Å². The van der Waals surface area contributed by atoms with E-state index in [4.69, 9.17) is 4.42 Å². The van der Waals surface area contributed by atoms with E-state index in [0.717, 1.165) is 24.5 Å². The Balaban J connectivity index is 1.57. The molecule has 1 N–H and O–H groups in total. The van der Waals surface area contributed by atoms with Crippen molar-refractivity contribution in [3.63, 3.8) is 0 Å². The normalized spacial score (nSPS) is 16.8. The van der Waals surface area contributed by atoms with Gasteiger partial charge in [-0.25, -0.2) is 9.37 Å². The summed E-state index contributed by atoms with van der Waals surface area (Å²) in [5.41, 5.74) is 2.09. The molecule has 3 aromatic rings. The lowest BCUT2D eigenvalue weighted by atomic mass is 10.1. The molecule has 25 heavy (non-hydrogen) atoms. The van der Waals surface area contributed by atoms with Crippen LogP contribution >= 0.6 is 0 Å². The number of likely N-dealkylation sites (tertiary alicyclic amines) is 1. The maximum absolute atomic E-state index is 13.4. The molecule has 0 saturated carbocycles. The zero-order chi connectivity index (χ0) is 17.1. The summed E-state index contributed by atoms with van der Waals surface area (Å²) < 4.78 is 19.1. The SMILES string of the molecule is Fc1cnc2c(NC[C@H](c3ccco3)N3CCCCC3)ccnc2c1. The Morgan fingerprint density at radius 3 is 2.88 bits per heavy atom. The maximum Gasteiger partial charge on any atom is 0.143 e. The Labute approximate surface area is 145 Å². The van der Waals surface area contributed by atoms with Crippen molar-refractivity contribution in [2.45, 2.75) is 25.3 Å². The van der Waals surface area contributed by atoms with Crippen LogP contribution in [-0.2, 0) is 0 Å². The number of furan rings is 1. The van der Waals surface area contributed by atoms with Crippen LogP contribution in [0.1, 0.15) is 31.1 Å². The second-order valence-electron chi connectivity index (χ2n) is 6.39. The predicted octanol–water partition coefficient (Wildman–Crippen LogP) is 4.00. The minimum atomic E-state index is -0.376. The number of fused-ring (bicyclic) bond motifs is 1. The third kappa shape index (κ3) is 3.49. The number of anilines is 1. The molecule has 0 aliphatic carbocycles. The van der Waals surface area contributed by atoms with Crippen molar-refractivity contribution in [2.24, 2.45) is 0 Å². The molecule has 1 aliphatic rings. The molecular formula is C19H21FN4O. The van der Waals surface area contributed by atoms with Crippen LogP contribution in [0.5, 0.6) is 0 Å². The van der Waals surface area contributed by atoms with Crippen molar-refractivity contribution in [2.75, 3.05) is 25.0 Å². The summed E-state index contributed by atoms with van der Waals surface area (Å²) in [5, 5.41) is 3.47. The van der Waals surface area contributed by atoms with Gasteiger partial charge in [-0.05, 0) is 44.1 Å². The molecule has 1 fully saturated rings. The number of halogens is 1. The van der Waals surface area contributed by atoms with Gasteiger partial charge in [0.05, 0.1) is 29.7 Å². The first-order valence-corrected chi connectivity index (χ1v) is 8.73. The van der Waals surface area contributed by atoms with Gasteiger partial charge in [0.1, 0.15) is 17.1 Å². The molecular weight excluding hydrogens is 319 g/mol. The molecule has 0 unspecified atom stereocenters. The second kappa shape index (κ2) is 7.19. The van der Waals surface area contributed by atoms with E-state index in [1.165, 1.54) is 31.5 Å². The fraction of sp³-hybridized carbons (Fsp3) is 0.368. The highest BCUT2D eigenvalue weighted by Crippen LogP contribution is 2.27. The number of hydrogen-bond acceptors (Lipinski definition) is 5. The van der Waals surface area contributed by atoms with Crippen molar-refractivity contribution in [1.82, 2.24) is 14.9 Å². The van der Waals surface area contributed by atoms with Crippen LogP contribution in [0.15, 0.2) is 47.3 Å². The largest absolute Gasteiger partial charge is 0.468 e. The average molecular weight is 340 g/mol. The van der Waals surface area contributed by atoms with Crippen molar-refractivity contribution in [3.05, 3.63) is 54.5 Å². The lowest BCUT2D eigenvalue weighted by molar-refractivity contribution is 0.153. The van der Waals surface area contributed by atoms with Gasteiger partial charge in [-0.15, -0.1) is 0 Å². The van der Waals surface area contributed by atoms with Crippen LogP contribution in [0.2, 0.25) is 0 Å². The highest BCUT2D eigenvalue weighted by Gasteiger charge is 2.24. The average Bonchev–Trinajstić information content (AvgIpc) is 3.17. The molecule has 0 amide bonds. The van der Waals surface area contributed by atoms with E-state index in [1.807, 2.05) is 18.2 Å². The van der Waals surface area contributed by atoms with E-state index in [-0.39, 0.29) is 11.9 Å². The lowest BCUT2D eigenvalue weighted by Gasteiger charge is -2.33. The molecule has 0 spiro atoms. The predicted molar refractivity (Wildman–Crippen MR) is 94.9 cm³/mol. The van der Waals surface area contributed by atoms with Crippen molar-refractivity contribution in [3.8, 4) is 0 Å². The third-order valence-corrected chi connectivity index (χ3v) is 4.73. The maximum atomic E-state index is 13.4. The van der Waals surface area contributed by atoms with Crippen LogP contribution in [-0.4, -0.2) is 34.5 Å². The number of nitrogens with zero attached hydrogens (tertiary/aromatic N) is 3. The molecule has 130 valence electrons. The van der Waals surface area contributed by atoms with E-state index in [1.54, 1.807) is 12.5 Å². The number of aromatic nitrogens is 2. The van der Waals surface area contributed by atoms with Gasteiger partial charge in [-0.3, -0.25) is 9.88 Å². The molecule has 1 aliphatic heterocycles. The van der Waals surface area contributed by atoms with Gasteiger partial charge in [0.15, 0.2) is 0 Å². The number of rotatable bonds is 5. The first-order chi connectivity index (χ1) is 12.3. The summed E-state index contributed by atoms with van der Waals surface area (Å²) in [7, 11) is 0. The van der Waals surface area contributed by atoms with E-state index < -0.39 is 0 Å². The number of nitrogens with one attached hydrogen (secondary N) is 1. The number of piperidine rings is 1. The van der Waals surface area contributed by atoms with E-state index in [0.29, 0.717) is 17.6 Å². The molecule has 4 heterocycles. The summed E-state index contributed by atoms with van der Waals surface area (Å²) in [6, 6.07) is 7.40. The molecule has 1 saturated heterocycles. The molecule has 0 aromatic carbocycles. The quantitative estimate of drug-likeness (QED) is 0.761. The van der Waals surface area contributed by atoms with Crippen molar-refractivity contribution >= 4 is 16.7 Å². The molecule has 6 heteroatoms. The minimum Gasteiger partial charge on any atom is -0.468 e. The molecule has 4 rings (SSSR count). The Kier molecular flexibility index (Phi) is 4.61. The van der Waals surface area contributed by atoms with Crippen LogP contribution in [0.4, 0.5) is 10.1 Å². The van der Waals surface area contributed by atoms with Crippen LogP contribution < -0.4 is 5.32 Å². The van der Waals surface area contributed by atoms with Crippen molar-refractivity contribution in [1.29, 1.82) is 0 Å². The highest BCUT2D eigenvalue weighted by molar-refractivity contribution is 5.86. The first kappa shape index (κ1) is 16.0. The zero-order valence-electron chi connectivity index (χ0n) is 14.0. The van der Waals surface area contributed by atoms with Gasteiger partial charge < -0.3 is 9.73 Å². The third-order valence-electron chi connectivity index (χ3n) is 4.73. The molecule has 0 radical (unpaired) electrons. The summed E-state index contributed by atoms with van der Waals surface area (Å²) in [4.78, 5) is 10.9. The Morgan fingerprint density at radius 1 is 1.20 bits per heavy atom. The van der Waals surface area contributed by atoms with Crippen LogP contribution in [0.25, 0.3) is 11.0 Å². The van der Waals surface area contributed by atoms with E-state index in [2.05, 4.69) is 20.2 Å². The fourth-order valence-electron chi connectivity index (χ4n) is 3.48. The van der Waals surface area contributed by atoms with Crippen LogP contribution in [0.3, 0.4) is 0 Å². The van der Waals surface area contributed by atoms with Crippen LogP contribution in [0, 0.1) is 5.82 Å². The Morgan fingerprint density at radius 2 is 2.08 bits per heavy atom. The Bertz CT molecular complexity index is 831. The van der Waals surface area contributed by atoms with Gasteiger partial charge in [-0.2, -0.15) is 0 Å².